The highest BCUT2D eigenvalue weighted by Crippen LogP contribution is 2.28. The Morgan fingerprint density at radius 1 is 1.28 bits per heavy atom. The van der Waals surface area contributed by atoms with Gasteiger partial charge < -0.3 is 0 Å². The summed E-state index contributed by atoms with van der Waals surface area (Å²) in [5, 5.41) is 0. The fourth-order valence-corrected chi connectivity index (χ4v) is 2.57. The summed E-state index contributed by atoms with van der Waals surface area (Å²) in [6.07, 6.45) is 0.435. The quantitative estimate of drug-likeness (QED) is 0.476. The predicted molar refractivity (Wildman–Crippen MR) is 63.4 cm³/mol. The summed E-state index contributed by atoms with van der Waals surface area (Å²) in [4.78, 5) is 0. The maximum absolute atomic E-state index is 11.9. The molecule has 0 fully saturated rings. The van der Waals surface area contributed by atoms with Crippen LogP contribution in [0.2, 0.25) is 0 Å². The Morgan fingerprint density at radius 3 is 2.44 bits per heavy atom. The van der Waals surface area contributed by atoms with Crippen LogP contribution in [0, 0.1) is 6.92 Å². The van der Waals surface area contributed by atoms with Crippen LogP contribution in [-0.2, 0) is 20.2 Å². The first-order valence-corrected chi connectivity index (χ1v) is 7.23. The van der Waals surface area contributed by atoms with Gasteiger partial charge in [-0.1, -0.05) is 24.3 Å². The van der Waals surface area contributed by atoms with E-state index >= 15 is 0 Å². The van der Waals surface area contributed by atoms with E-state index in [-0.39, 0.29) is 17.8 Å². The lowest BCUT2D eigenvalue weighted by atomic mass is 10.1. The largest absolute Gasteiger partial charge is 0.524 e. The molecule has 0 saturated heterocycles. The van der Waals surface area contributed by atoms with Crippen LogP contribution in [0.3, 0.4) is 0 Å². The number of hydrogen-bond donors (Lipinski definition) is 0. The van der Waals surface area contributed by atoms with Gasteiger partial charge in [-0.2, -0.15) is 25.2 Å². The van der Waals surface area contributed by atoms with Gasteiger partial charge in [0, 0.05) is 17.8 Å². The maximum atomic E-state index is 11.9. The van der Waals surface area contributed by atoms with E-state index in [1.807, 2.05) is 25.1 Å². The van der Waals surface area contributed by atoms with Crippen molar-refractivity contribution in [1.82, 2.24) is 0 Å². The summed E-state index contributed by atoms with van der Waals surface area (Å²) < 4.78 is 60.7. The lowest BCUT2D eigenvalue weighted by Gasteiger charge is -2.07. The minimum atomic E-state index is -5.50. The molecule has 0 aromatic heterocycles. The van der Waals surface area contributed by atoms with E-state index in [2.05, 4.69) is 3.63 Å². The molecule has 102 valence electrons. The van der Waals surface area contributed by atoms with Crippen LogP contribution < -0.4 is 0 Å². The average Bonchev–Trinajstić information content (AvgIpc) is 2.25. The molecule has 0 heterocycles. The van der Waals surface area contributed by atoms with Crippen LogP contribution in [0.4, 0.5) is 13.2 Å². The highest BCUT2D eigenvalue weighted by Gasteiger charge is 2.47. The molecule has 18 heavy (non-hydrogen) atoms. The highest BCUT2D eigenvalue weighted by atomic mass is 32.3. The van der Waals surface area contributed by atoms with Crippen LogP contribution in [0.5, 0.6) is 0 Å². The predicted octanol–water partition coefficient (Wildman–Crippen LogP) is 3.05. The Hall–Kier alpha value is -0.730. The van der Waals surface area contributed by atoms with Crippen molar-refractivity contribution in [2.75, 3.05) is 5.75 Å². The van der Waals surface area contributed by atoms with Crippen LogP contribution in [0.25, 0.3) is 0 Å². The Balaban J connectivity index is 2.43. The molecule has 0 atom stereocenters. The summed E-state index contributed by atoms with van der Waals surface area (Å²) in [6, 6.07) is 7.35. The lowest BCUT2D eigenvalue weighted by molar-refractivity contribution is -0.0494. The molecule has 0 aliphatic carbocycles. The second-order valence-corrected chi connectivity index (χ2v) is 6.03. The number of rotatable bonds is 5. The number of hydrogen-bond acceptors (Lipinski definition) is 4. The van der Waals surface area contributed by atoms with E-state index in [0.29, 0.717) is 6.42 Å². The zero-order valence-electron chi connectivity index (χ0n) is 9.40. The summed E-state index contributed by atoms with van der Waals surface area (Å²) in [5.74, 6) is 0.125. The molecule has 3 nitrogen and oxygen atoms in total. The van der Waals surface area contributed by atoms with E-state index < -0.39 is 15.6 Å². The van der Waals surface area contributed by atoms with Gasteiger partial charge in [-0.15, -0.1) is 0 Å². The van der Waals surface area contributed by atoms with E-state index in [0.717, 1.165) is 11.1 Å². The summed E-state index contributed by atoms with van der Waals surface area (Å²) in [6.45, 7) is 1.87. The van der Waals surface area contributed by atoms with Crippen LogP contribution in [-0.4, -0.2) is 19.7 Å². The standard InChI is InChI=1S/C10H11F3O3S2/c1-8-4-2-3-5-9(8)6-7-17-16-18(14,15)10(11,12)13/h2-5H,6-7H2,1H3. The van der Waals surface area contributed by atoms with Crippen LogP contribution >= 0.6 is 12.0 Å². The second kappa shape index (κ2) is 5.94. The normalized spacial score (nSPS) is 12.7. The van der Waals surface area contributed by atoms with Gasteiger partial charge in [0.25, 0.3) is 0 Å². The van der Waals surface area contributed by atoms with E-state index in [1.165, 1.54) is 0 Å². The van der Waals surface area contributed by atoms with Crippen molar-refractivity contribution < 1.29 is 25.2 Å². The Morgan fingerprint density at radius 2 is 1.89 bits per heavy atom. The molecule has 0 unspecified atom stereocenters. The van der Waals surface area contributed by atoms with Crippen molar-refractivity contribution in [2.45, 2.75) is 18.9 Å². The zero-order valence-corrected chi connectivity index (χ0v) is 11.0. The number of benzene rings is 1. The molecule has 0 spiro atoms. The minimum Gasteiger partial charge on any atom is -0.191 e. The fraction of sp³-hybridized carbons (Fsp3) is 0.400. The van der Waals surface area contributed by atoms with Crippen LogP contribution in [0.15, 0.2) is 24.3 Å². The van der Waals surface area contributed by atoms with E-state index in [1.54, 1.807) is 6.07 Å². The summed E-state index contributed by atoms with van der Waals surface area (Å²) in [7, 11) is -5.50. The zero-order chi connectivity index (χ0) is 13.8. The number of aryl methyl sites for hydroxylation is 2. The van der Waals surface area contributed by atoms with Crippen molar-refractivity contribution >= 4 is 22.2 Å². The third-order valence-corrected chi connectivity index (χ3v) is 4.18. The van der Waals surface area contributed by atoms with Gasteiger partial charge in [-0.25, -0.2) is 0 Å². The van der Waals surface area contributed by atoms with Gasteiger partial charge in [0.15, 0.2) is 0 Å². The lowest BCUT2D eigenvalue weighted by Crippen LogP contribution is -2.23. The molecule has 1 aromatic carbocycles. The topological polar surface area (TPSA) is 43.4 Å². The van der Waals surface area contributed by atoms with Gasteiger partial charge in [-0.3, -0.25) is 0 Å². The SMILES string of the molecule is Cc1ccccc1CCSOS(=O)(=O)C(F)(F)F. The fourth-order valence-electron chi connectivity index (χ4n) is 1.18. The molecule has 0 amide bonds. The van der Waals surface area contributed by atoms with Crippen molar-refractivity contribution in [3.05, 3.63) is 35.4 Å². The van der Waals surface area contributed by atoms with Gasteiger partial charge in [-0.05, 0) is 24.5 Å². The Labute approximate surface area is 108 Å². The summed E-state index contributed by atoms with van der Waals surface area (Å²) in [5.41, 5.74) is -3.43. The molecular weight excluding hydrogens is 289 g/mol. The molecule has 1 aromatic rings. The molecule has 1 rings (SSSR count). The van der Waals surface area contributed by atoms with Crippen molar-refractivity contribution in [1.29, 1.82) is 0 Å². The van der Waals surface area contributed by atoms with Crippen molar-refractivity contribution in [2.24, 2.45) is 0 Å². The van der Waals surface area contributed by atoms with Gasteiger partial charge in [0.2, 0.25) is 0 Å². The molecule has 0 aliphatic rings. The highest BCUT2D eigenvalue weighted by molar-refractivity contribution is 8.04. The molecule has 0 N–H and O–H groups in total. The Bertz CT molecular complexity index is 497. The molecule has 0 aliphatic heterocycles. The third kappa shape index (κ3) is 4.18. The third-order valence-electron chi connectivity index (χ3n) is 2.14. The monoisotopic (exact) mass is 300 g/mol. The van der Waals surface area contributed by atoms with Crippen molar-refractivity contribution in [3.8, 4) is 0 Å². The smallest absolute Gasteiger partial charge is 0.191 e. The average molecular weight is 300 g/mol. The molecule has 0 radical (unpaired) electrons. The van der Waals surface area contributed by atoms with E-state index in [9.17, 15) is 21.6 Å². The van der Waals surface area contributed by atoms with Gasteiger partial charge in [0.05, 0.1) is 0 Å². The Kier molecular flexibility index (Phi) is 5.06. The first kappa shape index (κ1) is 15.3. The molecular formula is C10H11F3O3S2. The maximum Gasteiger partial charge on any atom is 0.524 e. The molecule has 0 bridgehead atoms. The van der Waals surface area contributed by atoms with Crippen molar-refractivity contribution in [3.63, 3.8) is 0 Å². The first-order chi connectivity index (χ1) is 8.24. The van der Waals surface area contributed by atoms with Gasteiger partial charge >= 0.3 is 15.6 Å². The number of alkyl halides is 3. The minimum absolute atomic E-state index is 0.125. The molecule has 8 heteroatoms. The summed E-state index contributed by atoms with van der Waals surface area (Å²) >= 11 is 0.283. The number of halogens is 3. The first-order valence-electron chi connectivity index (χ1n) is 4.91. The van der Waals surface area contributed by atoms with Gasteiger partial charge in [0.1, 0.15) is 0 Å². The molecule has 0 saturated carbocycles. The van der Waals surface area contributed by atoms with E-state index in [4.69, 9.17) is 0 Å². The second-order valence-electron chi connectivity index (χ2n) is 3.47. The van der Waals surface area contributed by atoms with Crippen LogP contribution in [0.1, 0.15) is 11.1 Å².